The monoisotopic (exact) mass is 365 g/mol. The maximum absolute atomic E-state index is 11.9. The smallest absolute Gasteiger partial charge is 0.258 e. The van der Waals surface area contributed by atoms with Crippen LogP contribution in [0.5, 0.6) is 0 Å². The molecule has 1 aliphatic rings. The van der Waals surface area contributed by atoms with Gasteiger partial charge in [0.1, 0.15) is 0 Å². The van der Waals surface area contributed by atoms with Gasteiger partial charge < -0.3 is 5.32 Å². The van der Waals surface area contributed by atoms with E-state index in [0.717, 1.165) is 24.6 Å². The molecule has 0 spiro atoms. The van der Waals surface area contributed by atoms with Crippen molar-refractivity contribution in [1.82, 2.24) is 14.7 Å². The number of aromatic nitrogens is 2. The van der Waals surface area contributed by atoms with Crippen molar-refractivity contribution in [2.24, 2.45) is 5.92 Å². The Morgan fingerprint density at radius 2 is 2.25 bits per heavy atom. The summed E-state index contributed by atoms with van der Waals surface area (Å²) in [6, 6.07) is 1.55. The molecular weight excluding hydrogens is 342 g/mol. The van der Waals surface area contributed by atoms with E-state index in [-0.39, 0.29) is 11.5 Å². The van der Waals surface area contributed by atoms with E-state index in [4.69, 9.17) is 0 Å². The molecule has 0 radical (unpaired) electrons. The van der Waals surface area contributed by atoms with Gasteiger partial charge in [-0.3, -0.25) is 14.0 Å². The summed E-state index contributed by atoms with van der Waals surface area (Å²) in [6.45, 7) is 0.774. The van der Waals surface area contributed by atoms with Crippen molar-refractivity contribution in [3.8, 4) is 0 Å². The molecule has 3 rings (SSSR count). The van der Waals surface area contributed by atoms with Gasteiger partial charge in [0.2, 0.25) is 5.91 Å². The number of thiazole rings is 1. The topological polar surface area (TPSA) is 63.5 Å². The lowest BCUT2D eigenvalue weighted by Crippen LogP contribution is -2.26. The molecule has 130 valence electrons. The summed E-state index contributed by atoms with van der Waals surface area (Å²) < 4.78 is 1.54. The molecule has 0 aromatic carbocycles. The highest BCUT2D eigenvalue weighted by Gasteiger charge is 2.14. The largest absolute Gasteiger partial charge is 0.355 e. The molecule has 0 unspecified atom stereocenters. The van der Waals surface area contributed by atoms with E-state index in [9.17, 15) is 9.59 Å². The molecule has 5 nitrogen and oxygen atoms in total. The predicted molar refractivity (Wildman–Crippen MR) is 99.7 cm³/mol. The van der Waals surface area contributed by atoms with Crippen LogP contribution >= 0.6 is 23.1 Å². The van der Waals surface area contributed by atoms with Crippen LogP contribution in [0.4, 0.5) is 0 Å². The molecule has 1 fully saturated rings. The molecule has 1 N–H and O–H groups in total. The first-order valence-electron chi connectivity index (χ1n) is 8.52. The molecule has 0 saturated heterocycles. The van der Waals surface area contributed by atoms with Crippen molar-refractivity contribution in [1.29, 1.82) is 0 Å². The first-order chi connectivity index (χ1) is 11.7. The highest BCUT2D eigenvalue weighted by Crippen LogP contribution is 2.28. The lowest BCUT2D eigenvalue weighted by molar-refractivity contribution is -0.118. The van der Waals surface area contributed by atoms with Crippen LogP contribution in [0.3, 0.4) is 0 Å². The minimum Gasteiger partial charge on any atom is -0.355 e. The van der Waals surface area contributed by atoms with E-state index < -0.39 is 0 Å². The number of hydrogen-bond donors (Lipinski definition) is 1. The van der Waals surface area contributed by atoms with Crippen molar-refractivity contribution < 1.29 is 4.79 Å². The van der Waals surface area contributed by atoms with Crippen molar-refractivity contribution in [2.45, 2.75) is 44.3 Å². The van der Waals surface area contributed by atoms with Crippen molar-refractivity contribution in [2.75, 3.05) is 12.3 Å². The van der Waals surface area contributed by atoms with Gasteiger partial charge in [0, 0.05) is 29.9 Å². The summed E-state index contributed by atoms with van der Waals surface area (Å²) in [5.74, 6) is 1.95. The third-order valence-corrected chi connectivity index (χ3v) is 6.15. The summed E-state index contributed by atoms with van der Waals surface area (Å²) in [5, 5.41) is 4.83. The van der Waals surface area contributed by atoms with Crippen molar-refractivity contribution >= 4 is 34.0 Å². The quantitative estimate of drug-likeness (QED) is 0.730. The molecule has 2 heterocycles. The Labute approximate surface area is 149 Å². The Bertz CT molecular complexity index is 735. The van der Waals surface area contributed by atoms with Crippen LogP contribution in [0, 0.1) is 5.92 Å². The van der Waals surface area contributed by atoms with Gasteiger partial charge in [-0.25, -0.2) is 4.98 Å². The number of hydrogen-bond acceptors (Lipinski definition) is 5. The summed E-state index contributed by atoms with van der Waals surface area (Å²) in [5.41, 5.74) is 0.676. The average molecular weight is 366 g/mol. The van der Waals surface area contributed by atoms with E-state index in [1.54, 1.807) is 12.3 Å². The summed E-state index contributed by atoms with van der Waals surface area (Å²) in [6.07, 6.45) is 9.53. The van der Waals surface area contributed by atoms with Gasteiger partial charge >= 0.3 is 0 Å². The number of thioether (sulfide) groups is 1. The molecule has 0 aliphatic heterocycles. The second-order valence-electron chi connectivity index (χ2n) is 6.28. The van der Waals surface area contributed by atoms with Crippen LogP contribution in [0.2, 0.25) is 0 Å². The molecule has 7 heteroatoms. The molecule has 0 atom stereocenters. The molecule has 0 bridgehead atoms. The molecule has 24 heavy (non-hydrogen) atoms. The fourth-order valence-electron chi connectivity index (χ4n) is 3.18. The molecule has 2 aromatic heterocycles. The number of amides is 1. The average Bonchev–Trinajstić information content (AvgIpc) is 3.23. The van der Waals surface area contributed by atoms with Crippen LogP contribution in [-0.2, 0) is 10.5 Å². The van der Waals surface area contributed by atoms with Gasteiger partial charge in [0.05, 0.1) is 11.4 Å². The van der Waals surface area contributed by atoms with E-state index in [2.05, 4.69) is 10.3 Å². The number of nitrogens with zero attached hydrogens (tertiary/aromatic N) is 2. The Kier molecular flexibility index (Phi) is 6.31. The minimum absolute atomic E-state index is 0.0618. The minimum atomic E-state index is -0.0618. The first kappa shape index (κ1) is 17.5. The van der Waals surface area contributed by atoms with Crippen molar-refractivity contribution in [3.63, 3.8) is 0 Å². The zero-order valence-electron chi connectivity index (χ0n) is 13.7. The normalized spacial score (nSPS) is 15.2. The zero-order valence-corrected chi connectivity index (χ0v) is 15.3. The standard InChI is InChI=1S/C17H23N3O2S2/c21-15(18-7-3-6-13-4-1-2-5-13)12-23-11-14-10-16(22)20-8-9-24-17(20)19-14/h8-10,13H,1-7,11-12H2,(H,18,21). The maximum Gasteiger partial charge on any atom is 0.258 e. The van der Waals surface area contributed by atoms with Crippen LogP contribution in [0.15, 0.2) is 22.4 Å². The summed E-state index contributed by atoms with van der Waals surface area (Å²) in [7, 11) is 0. The number of fused-ring (bicyclic) bond motifs is 1. The van der Waals surface area contributed by atoms with Gasteiger partial charge in [0.25, 0.3) is 5.56 Å². The molecule has 1 amide bonds. The fourth-order valence-corrected chi connectivity index (χ4v) is 4.66. The van der Waals surface area contributed by atoms with Gasteiger partial charge in [-0.05, 0) is 18.8 Å². The first-order valence-corrected chi connectivity index (χ1v) is 10.6. The van der Waals surface area contributed by atoms with Crippen LogP contribution in [0.1, 0.15) is 44.2 Å². The van der Waals surface area contributed by atoms with Gasteiger partial charge in [0.15, 0.2) is 4.96 Å². The third kappa shape index (κ3) is 4.83. The van der Waals surface area contributed by atoms with E-state index in [1.807, 2.05) is 5.38 Å². The van der Waals surface area contributed by atoms with Crippen LogP contribution < -0.4 is 10.9 Å². The summed E-state index contributed by atoms with van der Waals surface area (Å²) >= 11 is 2.94. The number of rotatable bonds is 8. The Balaban J connectivity index is 1.34. The second kappa shape index (κ2) is 8.67. The van der Waals surface area contributed by atoms with E-state index >= 15 is 0 Å². The highest BCUT2D eigenvalue weighted by molar-refractivity contribution is 7.99. The van der Waals surface area contributed by atoms with E-state index in [0.29, 0.717) is 16.5 Å². The van der Waals surface area contributed by atoms with Crippen LogP contribution in [-0.4, -0.2) is 27.6 Å². The summed E-state index contributed by atoms with van der Waals surface area (Å²) in [4.78, 5) is 28.9. The number of carbonyl (C=O) groups excluding carboxylic acids is 1. The Hall–Kier alpha value is -1.34. The van der Waals surface area contributed by atoms with Crippen molar-refractivity contribution in [3.05, 3.63) is 33.7 Å². The SMILES string of the molecule is O=C(CSCc1cc(=O)n2ccsc2n1)NCCCC1CCCC1. The van der Waals surface area contributed by atoms with Crippen LogP contribution in [0.25, 0.3) is 4.96 Å². The molecular formula is C17H23N3O2S2. The lowest BCUT2D eigenvalue weighted by Gasteiger charge is -2.09. The fraction of sp³-hybridized carbons (Fsp3) is 0.588. The third-order valence-electron chi connectivity index (χ3n) is 4.43. The Morgan fingerprint density at radius 1 is 1.42 bits per heavy atom. The maximum atomic E-state index is 11.9. The van der Waals surface area contributed by atoms with Gasteiger partial charge in [-0.15, -0.1) is 23.1 Å². The molecule has 1 saturated carbocycles. The predicted octanol–water partition coefficient (Wildman–Crippen LogP) is 3.08. The Morgan fingerprint density at radius 3 is 3.08 bits per heavy atom. The van der Waals surface area contributed by atoms with Gasteiger partial charge in [-0.1, -0.05) is 25.7 Å². The highest BCUT2D eigenvalue weighted by atomic mass is 32.2. The lowest BCUT2D eigenvalue weighted by atomic mass is 10.0. The molecule has 2 aromatic rings. The van der Waals surface area contributed by atoms with Gasteiger partial charge in [-0.2, -0.15) is 0 Å². The number of carbonyl (C=O) groups is 1. The molecule has 1 aliphatic carbocycles. The zero-order chi connectivity index (χ0) is 16.8. The number of nitrogens with one attached hydrogen (secondary N) is 1. The van der Waals surface area contributed by atoms with E-state index in [1.165, 1.54) is 59.6 Å². The second-order valence-corrected chi connectivity index (χ2v) is 8.14.